The van der Waals surface area contributed by atoms with Gasteiger partial charge in [0.25, 0.3) is 0 Å². The van der Waals surface area contributed by atoms with Crippen LogP contribution in [0.2, 0.25) is 0 Å². The number of sulfone groups is 1. The Bertz CT molecular complexity index is 793. The second-order valence-corrected chi connectivity index (χ2v) is 6.34. The van der Waals surface area contributed by atoms with E-state index in [9.17, 15) is 12.8 Å². The summed E-state index contributed by atoms with van der Waals surface area (Å²) in [5.74, 6) is -0.613. The quantitative estimate of drug-likeness (QED) is 0.871. The molecule has 0 saturated heterocycles. The highest BCUT2D eigenvalue weighted by Gasteiger charge is 2.18. The van der Waals surface area contributed by atoms with Crippen molar-refractivity contribution in [1.82, 2.24) is 0 Å². The van der Waals surface area contributed by atoms with Gasteiger partial charge in [0.2, 0.25) is 0 Å². The fraction of sp³-hybridized carbons (Fsp3) is 0.133. The van der Waals surface area contributed by atoms with E-state index < -0.39 is 21.4 Å². The predicted molar refractivity (Wildman–Crippen MR) is 75.0 cm³/mol. The van der Waals surface area contributed by atoms with Crippen LogP contribution in [0.1, 0.15) is 11.1 Å². The summed E-state index contributed by atoms with van der Waals surface area (Å²) in [7, 11) is -2.21. The maximum absolute atomic E-state index is 13.7. The van der Waals surface area contributed by atoms with Crippen molar-refractivity contribution in [2.75, 3.05) is 7.11 Å². The Morgan fingerprint density at radius 2 is 1.86 bits per heavy atom. The molecule has 4 nitrogen and oxygen atoms in total. The summed E-state index contributed by atoms with van der Waals surface area (Å²) < 4.78 is 43.2. The van der Waals surface area contributed by atoms with Gasteiger partial charge in [-0.1, -0.05) is 0 Å². The minimum absolute atomic E-state index is 0.0233. The molecule has 0 aliphatic rings. The molecule has 0 unspecified atom stereocenters. The highest BCUT2D eigenvalue weighted by atomic mass is 32.2. The molecule has 0 N–H and O–H groups in total. The maximum atomic E-state index is 13.7. The van der Waals surface area contributed by atoms with Crippen molar-refractivity contribution in [2.24, 2.45) is 0 Å². The molecule has 0 aliphatic carbocycles. The SMILES string of the molecule is COc1ccc(S(=O)(=O)Cc2cc(C#N)ccc2F)cc1. The van der Waals surface area contributed by atoms with Crippen LogP contribution < -0.4 is 4.74 Å². The fourth-order valence-electron chi connectivity index (χ4n) is 1.83. The van der Waals surface area contributed by atoms with Gasteiger partial charge in [-0.15, -0.1) is 0 Å². The number of rotatable bonds is 4. The number of benzene rings is 2. The lowest BCUT2D eigenvalue weighted by Gasteiger charge is -2.07. The zero-order chi connectivity index (χ0) is 15.5. The van der Waals surface area contributed by atoms with Crippen molar-refractivity contribution in [3.05, 3.63) is 59.4 Å². The van der Waals surface area contributed by atoms with Crippen LogP contribution >= 0.6 is 0 Å². The van der Waals surface area contributed by atoms with Crippen LogP contribution in [0.3, 0.4) is 0 Å². The summed E-state index contributed by atoms with van der Waals surface area (Å²) in [6.45, 7) is 0. The lowest BCUT2D eigenvalue weighted by molar-refractivity contribution is 0.414. The van der Waals surface area contributed by atoms with E-state index in [4.69, 9.17) is 10.00 Å². The van der Waals surface area contributed by atoms with Crippen LogP contribution in [-0.2, 0) is 15.6 Å². The van der Waals surface area contributed by atoms with Crippen LogP contribution in [0.5, 0.6) is 5.75 Å². The van der Waals surface area contributed by atoms with Crippen molar-refractivity contribution in [2.45, 2.75) is 10.6 Å². The van der Waals surface area contributed by atoms with Gasteiger partial charge in [-0.2, -0.15) is 5.26 Å². The van der Waals surface area contributed by atoms with Crippen molar-refractivity contribution in [3.8, 4) is 11.8 Å². The lowest BCUT2D eigenvalue weighted by atomic mass is 10.1. The second-order valence-electron chi connectivity index (χ2n) is 4.35. The van der Waals surface area contributed by atoms with Gasteiger partial charge in [-0.3, -0.25) is 0 Å². The molecule has 0 aromatic heterocycles. The molecular weight excluding hydrogens is 293 g/mol. The normalized spacial score (nSPS) is 10.9. The molecule has 0 spiro atoms. The molecule has 6 heteroatoms. The predicted octanol–water partition coefficient (Wildman–Crippen LogP) is 2.68. The summed E-state index contributed by atoms with van der Waals surface area (Å²) in [5, 5.41) is 8.79. The Labute approximate surface area is 122 Å². The highest BCUT2D eigenvalue weighted by Crippen LogP contribution is 2.21. The standard InChI is InChI=1S/C15H12FNO3S/c1-20-13-3-5-14(6-4-13)21(18,19)10-12-8-11(9-17)2-7-15(12)16/h2-8H,10H2,1H3. The fourth-order valence-corrected chi connectivity index (χ4v) is 3.17. The third-order valence-corrected chi connectivity index (χ3v) is 4.62. The first-order valence-corrected chi connectivity index (χ1v) is 7.67. The third-order valence-electron chi connectivity index (χ3n) is 2.94. The van der Waals surface area contributed by atoms with Gasteiger partial charge in [-0.25, -0.2) is 12.8 Å². The number of halogens is 1. The molecule has 2 aromatic carbocycles. The van der Waals surface area contributed by atoms with Gasteiger partial charge in [0.15, 0.2) is 9.84 Å². The summed E-state index contributed by atoms with van der Waals surface area (Å²) in [6, 6.07) is 11.4. The van der Waals surface area contributed by atoms with E-state index in [2.05, 4.69) is 0 Å². The van der Waals surface area contributed by atoms with Gasteiger partial charge < -0.3 is 4.74 Å². The third kappa shape index (κ3) is 3.38. The molecule has 0 heterocycles. The summed E-state index contributed by atoms with van der Waals surface area (Å²) in [6.07, 6.45) is 0. The van der Waals surface area contributed by atoms with Crippen molar-refractivity contribution < 1.29 is 17.5 Å². The first-order valence-electron chi connectivity index (χ1n) is 6.01. The summed E-state index contributed by atoms with van der Waals surface area (Å²) >= 11 is 0. The Morgan fingerprint density at radius 3 is 2.43 bits per heavy atom. The Hall–Kier alpha value is -2.39. The average molecular weight is 305 g/mol. The van der Waals surface area contributed by atoms with Gasteiger partial charge in [0, 0.05) is 5.56 Å². The first kappa shape index (κ1) is 15.0. The van der Waals surface area contributed by atoms with E-state index in [0.717, 1.165) is 6.07 Å². The molecule has 0 bridgehead atoms. The largest absolute Gasteiger partial charge is 0.497 e. The molecule has 2 rings (SSSR count). The zero-order valence-corrected chi connectivity index (χ0v) is 12.0. The number of hydrogen-bond acceptors (Lipinski definition) is 4. The summed E-state index contributed by atoms with van der Waals surface area (Å²) in [4.78, 5) is 0.0741. The van der Waals surface area contributed by atoms with Crippen molar-refractivity contribution in [1.29, 1.82) is 5.26 Å². The molecule has 0 amide bonds. The molecule has 0 radical (unpaired) electrons. The van der Waals surface area contributed by atoms with Gasteiger partial charge in [0.1, 0.15) is 11.6 Å². The molecule has 0 atom stereocenters. The number of hydrogen-bond donors (Lipinski definition) is 0. The number of methoxy groups -OCH3 is 1. The highest BCUT2D eigenvalue weighted by molar-refractivity contribution is 7.90. The Morgan fingerprint density at radius 1 is 1.19 bits per heavy atom. The second kappa shape index (κ2) is 5.94. The molecule has 2 aromatic rings. The topological polar surface area (TPSA) is 67.2 Å². The molecule has 0 saturated carbocycles. The minimum Gasteiger partial charge on any atom is -0.497 e. The van der Waals surface area contributed by atoms with Crippen LogP contribution in [0, 0.1) is 17.1 Å². The van der Waals surface area contributed by atoms with E-state index in [-0.39, 0.29) is 16.0 Å². The van der Waals surface area contributed by atoms with E-state index in [1.54, 1.807) is 0 Å². The van der Waals surface area contributed by atoms with Crippen LogP contribution in [0.25, 0.3) is 0 Å². The van der Waals surface area contributed by atoms with E-state index in [1.807, 2.05) is 6.07 Å². The van der Waals surface area contributed by atoms with Gasteiger partial charge in [0.05, 0.1) is 29.4 Å². The lowest BCUT2D eigenvalue weighted by Crippen LogP contribution is -2.07. The molecule has 0 fully saturated rings. The Kier molecular flexibility index (Phi) is 4.24. The number of ether oxygens (including phenoxy) is 1. The smallest absolute Gasteiger partial charge is 0.182 e. The van der Waals surface area contributed by atoms with Crippen LogP contribution in [-0.4, -0.2) is 15.5 Å². The molecule has 108 valence electrons. The van der Waals surface area contributed by atoms with Crippen molar-refractivity contribution in [3.63, 3.8) is 0 Å². The summed E-state index contributed by atoms with van der Waals surface area (Å²) in [5.41, 5.74) is 0.196. The monoisotopic (exact) mass is 305 g/mol. The molecule has 21 heavy (non-hydrogen) atoms. The van der Waals surface area contributed by atoms with Gasteiger partial charge in [-0.05, 0) is 42.5 Å². The minimum atomic E-state index is -3.69. The maximum Gasteiger partial charge on any atom is 0.182 e. The van der Waals surface area contributed by atoms with Crippen molar-refractivity contribution >= 4 is 9.84 Å². The van der Waals surface area contributed by atoms with E-state index in [0.29, 0.717) is 5.75 Å². The average Bonchev–Trinajstić information content (AvgIpc) is 2.49. The first-order chi connectivity index (χ1) is 9.96. The number of nitrogens with zero attached hydrogens (tertiary/aromatic N) is 1. The van der Waals surface area contributed by atoms with Crippen LogP contribution in [0.15, 0.2) is 47.4 Å². The van der Waals surface area contributed by atoms with E-state index in [1.165, 1.54) is 43.5 Å². The number of nitriles is 1. The van der Waals surface area contributed by atoms with Gasteiger partial charge >= 0.3 is 0 Å². The zero-order valence-electron chi connectivity index (χ0n) is 11.2. The molecule has 0 aliphatic heterocycles. The van der Waals surface area contributed by atoms with Crippen LogP contribution in [0.4, 0.5) is 4.39 Å². The Balaban J connectivity index is 2.35. The molecular formula is C15H12FNO3S. The van der Waals surface area contributed by atoms with E-state index >= 15 is 0 Å².